The van der Waals surface area contributed by atoms with Crippen LogP contribution in [0, 0.1) is 5.41 Å². The van der Waals surface area contributed by atoms with Crippen molar-refractivity contribution in [3.8, 4) is 0 Å². The van der Waals surface area contributed by atoms with Gasteiger partial charge in [-0.25, -0.2) is 19.2 Å². The summed E-state index contributed by atoms with van der Waals surface area (Å²) in [6, 6.07) is 0. The Kier molecular flexibility index (Phi) is 9.67. The van der Waals surface area contributed by atoms with Gasteiger partial charge in [-0.1, -0.05) is 0 Å². The van der Waals surface area contributed by atoms with E-state index in [-0.39, 0.29) is 18.7 Å². The van der Waals surface area contributed by atoms with Crippen molar-refractivity contribution in [3.05, 3.63) is 23.9 Å². The van der Waals surface area contributed by atoms with Crippen LogP contribution < -0.4 is 5.32 Å². The van der Waals surface area contributed by atoms with Crippen LogP contribution in [0.1, 0.15) is 47.5 Å². The predicted octanol–water partition coefficient (Wildman–Crippen LogP) is 3.49. The average Bonchev–Trinajstić information content (AvgIpc) is 2.68. The summed E-state index contributed by atoms with van der Waals surface area (Å²) in [6.45, 7) is 13.0. The zero-order valence-electron chi connectivity index (χ0n) is 18.9. The lowest BCUT2D eigenvalue weighted by molar-refractivity contribution is -0.150. The molecule has 0 saturated carbocycles. The fourth-order valence-electron chi connectivity index (χ4n) is 2.65. The Balaban J connectivity index is 2.57. The van der Waals surface area contributed by atoms with Crippen molar-refractivity contribution in [2.75, 3.05) is 26.2 Å². The molecule has 0 atom stereocenters. The SMILES string of the molecule is C=NC(=N/C=C(\C)OC/C(=C/F)CNC(=O)OC(C)(C)C)N1CCC(C)(C(=O)O)CC1. The molecule has 1 aliphatic heterocycles. The van der Waals surface area contributed by atoms with Gasteiger partial charge in [-0.05, 0) is 54.2 Å². The van der Waals surface area contributed by atoms with E-state index in [0.717, 1.165) is 0 Å². The summed E-state index contributed by atoms with van der Waals surface area (Å²) >= 11 is 0. The first kappa shape index (κ1) is 26.1. The molecule has 0 radical (unpaired) electrons. The Morgan fingerprint density at radius 2 is 1.94 bits per heavy atom. The molecule has 1 rings (SSSR count). The second-order valence-corrected chi connectivity index (χ2v) is 8.59. The molecule has 0 aromatic carbocycles. The van der Waals surface area contributed by atoms with E-state index in [1.165, 1.54) is 6.20 Å². The Hall–Kier alpha value is -2.91. The molecule has 31 heavy (non-hydrogen) atoms. The number of carboxylic acids is 1. The zero-order chi connectivity index (χ0) is 23.7. The maximum Gasteiger partial charge on any atom is 0.407 e. The van der Waals surface area contributed by atoms with Crippen molar-refractivity contribution < 1.29 is 28.6 Å². The third-order valence-corrected chi connectivity index (χ3v) is 4.67. The summed E-state index contributed by atoms with van der Waals surface area (Å²) in [6.07, 6.45) is 2.12. The number of alkyl carbamates (subject to hydrolysis) is 1. The van der Waals surface area contributed by atoms with E-state index in [0.29, 0.717) is 44.0 Å². The van der Waals surface area contributed by atoms with Gasteiger partial charge in [0.05, 0.1) is 17.9 Å². The Bertz CT molecular complexity index is 747. The highest BCUT2D eigenvalue weighted by molar-refractivity contribution is 5.85. The normalized spacial score (nSPS) is 17.7. The van der Waals surface area contributed by atoms with Crippen molar-refractivity contribution in [3.63, 3.8) is 0 Å². The average molecular weight is 441 g/mol. The molecular weight excluding hydrogens is 407 g/mol. The number of carbonyl (C=O) groups excluding carboxylic acids is 1. The summed E-state index contributed by atoms with van der Waals surface area (Å²) in [7, 11) is 0. The topological polar surface area (TPSA) is 113 Å². The molecule has 1 amide bonds. The molecule has 1 fully saturated rings. The number of aliphatic carboxylic acids is 1. The van der Waals surface area contributed by atoms with Crippen LogP contribution in [0.3, 0.4) is 0 Å². The van der Waals surface area contributed by atoms with E-state index in [1.807, 2.05) is 4.90 Å². The Morgan fingerprint density at radius 3 is 2.42 bits per heavy atom. The predicted molar refractivity (Wildman–Crippen MR) is 117 cm³/mol. The molecule has 1 saturated heterocycles. The number of allylic oxidation sites excluding steroid dienone is 1. The first-order valence-corrected chi connectivity index (χ1v) is 9.97. The number of rotatable bonds is 7. The van der Waals surface area contributed by atoms with Crippen molar-refractivity contribution in [2.24, 2.45) is 15.4 Å². The van der Waals surface area contributed by atoms with E-state index >= 15 is 0 Å². The number of nitrogens with one attached hydrogen (secondary N) is 1. The number of hydrogen-bond acceptors (Lipinski definition) is 5. The molecule has 0 spiro atoms. The summed E-state index contributed by atoms with van der Waals surface area (Å²) < 4.78 is 23.6. The van der Waals surface area contributed by atoms with Gasteiger partial charge in [0.15, 0.2) is 0 Å². The minimum Gasteiger partial charge on any atom is -0.492 e. The minimum absolute atomic E-state index is 0.0580. The molecule has 10 heteroatoms. The fourth-order valence-corrected chi connectivity index (χ4v) is 2.65. The third kappa shape index (κ3) is 9.18. The van der Waals surface area contributed by atoms with Crippen LogP contribution in [0.5, 0.6) is 0 Å². The van der Waals surface area contributed by atoms with E-state index in [1.54, 1.807) is 34.6 Å². The van der Waals surface area contributed by atoms with Crippen molar-refractivity contribution in [1.29, 1.82) is 0 Å². The number of ether oxygens (including phenoxy) is 2. The highest BCUT2D eigenvalue weighted by atomic mass is 19.1. The number of carbonyl (C=O) groups is 2. The lowest BCUT2D eigenvalue weighted by Gasteiger charge is -2.36. The monoisotopic (exact) mass is 440 g/mol. The number of carboxylic acid groups (broad SMARTS) is 1. The number of nitrogens with zero attached hydrogens (tertiary/aromatic N) is 3. The van der Waals surface area contributed by atoms with Gasteiger partial charge in [-0.3, -0.25) is 4.79 Å². The number of halogens is 1. The number of amides is 1. The maximum absolute atomic E-state index is 13.1. The highest BCUT2D eigenvalue weighted by Crippen LogP contribution is 2.31. The molecule has 0 aliphatic carbocycles. The van der Waals surface area contributed by atoms with Gasteiger partial charge in [-0.15, -0.1) is 0 Å². The van der Waals surface area contributed by atoms with Crippen LogP contribution in [-0.4, -0.2) is 66.6 Å². The summed E-state index contributed by atoms with van der Waals surface area (Å²) in [4.78, 5) is 33.0. The first-order valence-electron chi connectivity index (χ1n) is 9.97. The second-order valence-electron chi connectivity index (χ2n) is 8.59. The van der Waals surface area contributed by atoms with Crippen molar-refractivity contribution in [1.82, 2.24) is 10.2 Å². The van der Waals surface area contributed by atoms with Crippen LogP contribution >= 0.6 is 0 Å². The molecular formula is C21H33FN4O5. The summed E-state index contributed by atoms with van der Waals surface area (Å²) in [5, 5.41) is 11.8. The molecule has 9 nitrogen and oxygen atoms in total. The summed E-state index contributed by atoms with van der Waals surface area (Å²) in [5.74, 6) is -0.0346. The van der Waals surface area contributed by atoms with E-state index in [4.69, 9.17) is 9.47 Å². The van der Waals surface area contributed by atoms with Gasteiger partial charge in [0.2, 0.25) is 5.96 Å². The molecule has 174 valence electrons. The molecule has 0 bridgehead atoms. The van der Waals surface area contributed by atoms with E-state index in [9.17, 15) is 19.1 Å². The highest BCUT2D eigenvalue weighted by Gasteiger charge is 2.37. The van der Waals surface area contributed by atoms with Crippen LogP contribution in [0.15, 0.2) is 33.8 Å². The fraction of sp³-hybridized carbons (Fsp3) is 0.619. The minimum atomic E-state index is -0.806. The first-order chi connectivity index (χ1) is 14.4. The molecule has 0 unspecified atom stereocenters. The van der Waals surface area contributed by atoms with Crippen LogP contribution in [0.2, 0.25) is 0 Å². The standard InChI is InChI=1S/C21H33FN4O5/c1-15(30-14-16(11-22)13-25-19(29)31-20(2,3)4)12-24-18(23-6)26-9-7-21(5,8-10-26)17(27)28/h11-12H,6-10,13-14H2,1-5H3,(H,25,29)(H,27,28)/b15-12+,16-11+,24-18?. The van der Waals surface area contributed by atoms with Crippen LogP contribution in [-0.2, 0) is 14.3 Å². The van der Waals surface area contributed by atoms with Gasteiger partial charge in [-0.2, -0.15) is 0 Å². The van der Waals surface area contributed by atoms with Crippen molar-refractivity contribution >= 4 is 24.7 Å². The van der Waals surface area contributed by atoms with Gasteiger partial charge in [0, 0.05) is 25.2 Å². The Labute approximate surface area is 182 Å². The van der Waals surface area contributed by atoms with E-state index in [2.05, 4.69) is 22.0 Å². The number of piperidine rings is 1. The molecule has 1 heterocycles. The number of hydrogen-bond donors (Lipinski definition) is 2. The lowest BCUT2D eigenvalue weighted by Crippen LogP contribution is -2.44. The van der Waals surface area contributed by atoms with Gasteiger partial charge in [0.25, 0.3) is 0 Å². The van der Waals surface area contributed by atoms with E-state index < -0.39 is 23.1 Å². The third-order valence-electron chi connectivity index (χ3n) is 4.67. The zero-order valence-corrected chi connectivity index (χ0v) is 18.9. The van der Waals surface area contributed by atoms with Crippen LogP contribution in [0.25, 0.3) is 0 Å². The largest absolute Gasteiger partial charge is 0.492 e. The van der Waals surface area contributed by atoms with Gasteiger partial charge in [0.1, 0.15) is 18.0 Å². The van der Waals surface area contributed by atoms with Gasteiger partial charge >= 0.3 is 12.1 Å². The molecule has 2 N–H and O–H groups in total. The number of likely N-dealkylation sites (tertiary alicyclic amines) is 1. The van der Waals surface area contributed by atoms with Crippen LogP contribution in [0.4, 0.5) is 9.18 Å². The quantitative estimate of drug-likeness (QED) is 0.356. The molecule has 0 aromatic heterocycles. The second kappa shape index (κ2) is 11.5. The number of guanidine groups is 1. The van der Waals surface area contributed by atoms with Gasteiger partial charge < -0.3 is 24.8 Å². The van der Waals surface area contributed by atoms with Crippen molar-refractivity contribution in [2.45, 2.75) is 53.1 Å². The molecule has 0 aromatic rings. The Morgan fingerprint density at radius 1 is 1.32 bits per heavy atom. The smallest absolute Gasteiger partial charge is 0.407 e. The lowest BCUT2D eigenvalue weighted by atomic mass is 9.80. The maximum atomic E-state index is 13.1. The molecule has 1 aliphatic rings. The summed E-state index contributed by atoms with van der Waals surface area (Å²) in [5.41, 5.74) is -1.18. The number of aliphatic imine (C=N–C) groups is 2.